The van der Waals surface area contributed by atoms with Gasteiger partial charge in [0.25, 0.3) is 0 Å². The van der Waals surface area contributed by atoms with Gasteiger partial charge in [-0.3, -0.25) is 0 Å². The first-order valence-electron chi connectivity index (χ1n) is 11.2. The van der Waals surface area contributed by atoms with Crippen molar-refractivity contribution in [3.05, 3.63) is 0 Å². The molecule has 1 heterocycles. The fraction of sp³-hybridized carbons (Fsp3) is 0.909. The maximum atomic E-state index is 13.1. The van der Waals surface area contributed by atoms with E-state index in [1.54, 1.807) is 6.92 Å². The fourth-order valence-electron chi connectivity index (χ4n) is 2.91. The van der Waals surface area contributed by atoms with Gasteiger partial charge in [0.2, 0.25) is 0 Å². The van der Waals surface area contributed by atoms with E-state index in [4.69, 9.17) is 18.3 Å². The van der Waals surface area contributed by atoms with Crippen LogP contribution in [0.2, 0.25) is 36.3 Å². The van der Waals surface area contributed by atoms with E-state index in [1.165, 1.54) is 0 Å². The second-order valence-electron chi connectivity index (χ2n) is 11.6. The van der Waals surface area contributed by atoms with Crippen LogP contribution in [0.5, 0.6) is 0 Å². The molecule has 0 unspecified atom stereocenters. The highest BCUT2D eigenvalue weighted by Gasteiger charge is 2.55. The highest BCUT2D eigenvalue weighted by molar-refractivity contribution is 6.74. The smallest absolute Gasteiger partial charge is 0.338 e. The van der Waals surface area contributed by atoms with Gasteiger partial charge < -0.3 is 23.4 Å². The molecule has 9 heteroatoms. The summed E-state index contributed by atoms with van der Waals surface area (Å²) in [6.07, 6.45) is -4.17. The number of carbonyl (C=O) groups excluding carboxylic acids is 2. The van der Waals surface area contributed by atoms with Gasteiger partial charge in [0.1, 0.15) is 6.10 Å². The Bertz CT molecular complexity index is 649. The molecule has 0 aromatic rings. The lowest BCUT2D eigenvalue weighted by atomic mass is 9.88. The van der Waals surface area contributed by atoms with Crippen molar-refractivity contribution in [1.29, 1.82) is 0 Å². The van der Waals surface area contributed by atoms with Gasteiger partial charge in [-0.15, -0.1) is 0 Å². The highest BCUT2D eigenvalue weighted by Crippen LogP contribution is 2.43. The third kappa shape index (κ3) is 6.40. The van der Waals surface area contributed by atoms with Crippen LogP contribution in [0.15, 0.2) is 0 Å². The fourth-order valence-corrected chi connectivity index (χ4v) is 5.51. The zero-order chi connectivity index (χ0) is 24.6. The van der Waals surface area contributed by atoms with Gasteiger partial charge in [-0.2, -0.15) is 0 Å². The number of aliphatic hydroxyl groups is 1. The number of carbonyl (C=O) groups is 2. The lowest BCUT2D eigenvalue weighted by Gasteiger charge is -2.49. The van der Waals surface area contributed by atoms with Crippen LogP contribution in [0.3, 0.4) is 0 Å². The molecule has 1 fully saturated rings. The average molecular weight is 477 g/mol. The van der Waals surface area contributed by atoms with Gasteiger partial charge in [-0.05, 0) is 43.2 Å². The topological polar surface area (TPSA) is 91.3 Å². The van der Waals surface area contributed by atoms with Crippen LogP contribution in [-0.2, 0) is 27.9 Å². The Morgan fingerprint density at radius 2 is 1.48 bits per heavy atom. The standard InChI is InChI=1S/C22H44O7Si2/c1-13-26-19(24)15(23)16-14(2)17(28-30(9,10)21(3,4)5)18(20(25)27-16)29-31(11,12)22(6,7)8/h14-18,23H,13H2,1-12H3/t14-,15-,16+,17-,18+/m0/s1. The van der Waals surface area contributed by atoms with E-state index in [0.717, 1.165) is 0 Å². The van der Waals surface area contributed by atoms with E-state index in [-0.39, 0.29) is 16.7 Å². The van der Waals surface area contributed by atoms with Gasteiger partial charge in [0.15, 0.2) is 28.8 Å². The molecule has 1 aliphatic heterocycles. The van der Waals surface area contributed by atoms with Crippen molar-refractivity contribution in [2.24, 2.45) is 5.92 Å². The van der Waals surface area contributed by atoms with Crippen LogP contribution in [0, 0.1) is 5.92 Å². The van der Waals surface area contributed by atoms with Crippen molar-refractivity contribution in [2.75, 3.05) is 6.61 Å². The summed E-state index contributed by atoms with van der Waals surface area (Å²) in [6, 6.07) is 0. The lowest BCUT2D eigenvalue weighted by molar-refractivity contribution is -0.201. The summed E-state index contributed by atoms with van der Waals surface area (Å²) in [5.41, 5.74) is 0. The van der Waals surface area contributed by atoms with Crippen LogP contribution in [0.4, 0.5) is 0 Å². The first kappa shape index (κ1) is 28.3. The zero-order valence-corrected chi connectivity index (χ0v) is 23.5. The normalized spacial score (nSPS) is 26.9. The third-order valence-electron chi connectivity index (χ3n) is 7.12. The molecule has 0 aromatic carbocycles. The van der Waals surface area contributed by atoms with E-state index >= 15 is 0 Å². The van der Waals surface area contributed by atoms with Crippen molar-refractivity contribution < 1.29 is 33.0 Å². The summed E-state index contributed by atoms with van der Waals surface area (Å²) in [4.78, 5) is 25.3. The van der Waals surface area contributed by atoms with Crippen LogP contribution >= 0.6 is 0 Å². The van der Waals surface area contributed by atoms with Crippen LogP contribution in [-0.4, -0.2) is 64.7 Å². The van der Waals surface area contributed by atoms with Gasteiger partial charge in [0, 0.05) is 5.92 Å². The van der Waals surface area contributed by atoms with E-state index in [9.17, 15) is 14.7 Å². The summed E-state index contributed by atoms with van der Waals surface area (Å²) >= 11 is 0. The Kier molecular flexibility index (Phi) is 8.78. The molecule has 0 bridgehead atoms. The number of ether oxygens (including phenoxy) is 2. The Labute approximate surface area is 190 Å². The van der Waals surface area contributed by atoms with E-state index in [2.05, 4.69) is 67.7 Å². The third-order valence-corrected chi connectivity index (χ3v) is 16.1. The van der Waals surface area contributed by atoms with Crippen molar-refractivity contribution in [3.8, 4) is 0 Å². The first-order chi connectivity index (χ1) is 13.8. The molecule has 7 nitrogen and oxygen atoms in total. The van der Waals surface area contributed by atoms with E-state index < -0.39 is 58.9 Å². The highest BCUT2D eigenvalue weighted by atomic mass is 28.4. The van der Waals surface area contributed by atoms with Crippen LogP contribution in [0.25, 0.3) is 0 Å². The van der Waals surface area contributed by atoms with Crippen molar-refractivity contribution in [2.45, 2.75) is 116 Å². The molecule has 1 N–H and O–H groups in total. The Morgan fingerprint density at radius 3 is 1.90 bits per heavy atom. The van der Waals surface area contributed by atoms with Crippen LogP contribution < -0.4 is 0 Å². The first-order valence-corrected chi connectivity index (χ1v) is 17.0. The molecule has 0 amide bonds. The van der Waals surface area contributed by atoms with Gasteiger partial charge >= 0.3 is 11.9 Å². The molecular formula is C22H44O7Si2. The maximum Gasteiger partial charge on any atom is 0.338 e. The number of hydrogen-bond donors (Lipinski definition) is 1. The van der Waals surface area contributed by atoms with Gasteiger partial charge in [-0.1, -0.05) is 48.5 Å². The average Bonchev–Trinajstić information content (AvgIpc) is 2.58. The minimum absolute atomic E-state index is 0.0924. The minimum Gasteiger partial charge on any atom is -0.464 e. The molecule has 182 valence electrons. The molecule has 1 rings (SSSR count). The monoisotopic (exact) mass is 476 g/mol. The number of hydrogen-bond acceptors (Lipinski definition) is 7. The summed E-state index contributed by atoms with van der Waals surface area (Å²) in [6.45, 7) is 24.7. The second kappa shape index (κ2) is 9.63. The molecule has 0 spiro atoms. The quantitative estimate of drug-likeness (QED) is 0.434. The molecule has 0 radical (unpaired) electrons. The van der Waals surface area contributed by atoms with E-state index in [1.807, 2.05) is 6.92 Å². The molecule has 0 aliphatic carbocycles. The molecule has 0 aromatic heterocycles. The number of rotatable bonds is 7. The molecule has 0 saturated carbocycles. The van der Waals surface area contributed by atoms with Gasteiger partial charge in [-0.25, -0.2) is 9.59 Å². The largest absolute Gasteiger partial charge is 0.464 e. The number of aliphatic hydroxyl groups excluding tert-OH is 1. The molecule has 1 saturated heterocycles. The minimum atomic E-state index is -2.33. The van der Waals surface area contributed by atoms with Crippen molar-refractivity contribution >= 4 is 28.6 Å². The lowest BCUT2D eigenvalue weighted by Crippen LogP contribution is -2.63. The Hall–Kier alpha value is -0.746. The SMILES string of the molecule is CCOC(=O)[C@@H](O)[C@@H]1OC(=O)[C@H](O[Si](C)(C)C(C)(C)C)[C@@H](O[Si](C)(C)C(C)(C)C)[C@H]1C. The van der Waals surface area contributed by atoms with Crippen molar-refractivity contribution in [3.63, 3.8) is 0 Å². The number of esters is 2. The second-order valence-corrected chi connectivity index (χ2v) is 21.1. The van der Waals surface area contributed by atoms with Crippen molar-refractivity contribution in [1.82, 2.24) is 0 Å². The molecule has 5 atom stereocenters. The van der Waals surface area contributed by atoms with Gasteiger partial charge in [0.05, 0.1) is 12.7 Å². The zero-order valence-electron chi connectivity index (χ0n) is 21.5. The predicted molar refractivity (Wildman–Crippen MR) is 126 cm³/mol. The summed E-state index contributed by atoms with van der Waals surface area (Å²) < 4.78 is 23.7. The van der Waals surface area contributed by atoms with Crippen LogP contribution in [0.1, 0.15) is 55.4 Å². The Morgan fingerprint density at radius 1 is 1.03 bits per heavy atom. The molecule has 1 aliphatic rings. The summed E-state index contributed by atoms with van der Waals surface area (Å²) in [7, 11) is -4.63. The summed E-state index contributed by atoms with van der Waals surface area (Å²) in [5.74, 6) is -1.86. The molecular weight excluding hydrogens is 432 g/mol. The number of cyclic esters (lactones) is 1. The summed E-state index contributed by atoms with van der Waals surface area (Å²) in [5, 5.41) is 10.4. The Balaban J connectivity index is 3.37. The predicted octanol–water partition coefficient (Wildman–Crippen LogP) is 4.25. The maximum absolute atomic E-state index is 13.1. The van der Waals surface area contributed by atoms with E-state index in [0.29, 0.717) is 0 Å². The molecule has 31 heavy (non-hydrogen) atoms.